The van der Waals surface area contributed by atoms with Gasteiger partial charge in [-0.1, -0.05) is 41.9 Å². The highest BCUT2D eigenvalue weighted by atomic mass is 35.5. The molecule has 34 heavy (non-hydrogen) atoms. The molecule has 0 radical (unpaired) electrons. The summed E-state index contributed by atoms with van der Waals surface area (Å²) in [5.41, 5.74) is -0.317. The second kappa shape index (κ2) is 8.30. The van der Waals surface area contributed by atoms with Crippen LogP contribution in [-0.4, -0.2) is 35.6 Å². The van der Waals surface area contributed by atoms with Gasteiger partial charge >= 0.3 is 5.97 Å². The molecular weight excluding hydrogens is 481 g/mol. The highest BCUT2D eigenvalue weighted by molar-refractivity contribution is 6.34. The van der Waals surface area contributed by atoms with Crippen LogP contribution in [0.15, 0.2) is 54.1 Å². The Bertz CT molecular complexity index is 1380. The number of nitrogens with one attached hydrogen (secondary N) is 1. The molecule has 1 N–H and O–H groups in total. The molecule has 3 heterocycles. The SMILES string of the molecule is CCOC(=O)C1=C(c2ccccc2)Oc2nc(Cl)nc(Cl)c2[C@@]12C(=O)Nc1ccc(OC)cc12. The van der Waals surface area contributed by atoms with Crippen molar-refractivity contribution in [3.8, 4) is 11.6 Å². The predicted octanol–water partition coefficient (Wildman–Crippen LogP) is 4.40. The number of benzene rings is 2. The minimum Gasteiger partial charge on any atom is -0.497 e. The van der Waals surface area contributed by atoms with Crippen molar-refractivity contribution in [3.05, 3.63) is 81.2 Å². The zero-order valence-corrected chi connectivity index (χ0v) is 19.5. The standard InChI is InChI=1S/C24H17Cl2N3O5/c1-3-33-21(30)16-18(12-7-5-4-6-8-12)34-20-17(19(25)28-23(26)29-20)24(16)14-11-13(32-2)9-10-15(14)27-22(24)31/h4-11H,3H2,1-2H3,(H,27,31)/t24-/m0/s1. The lowest BCUT2D eigenvalue weighted by Gasteiger charge is -2.36. The summed E-state index contributed by atoms with van der Waals surface area (Å²) in [7, 11) is 1.50. The van der Waals surface area contributed by atoms with Crippen LogP contribution in [0.2, 0.25) is 10.4 Å². The minimum atomic E-state index is -1.78. The summed E-state index contributed by atoms with van der Waals surface area (Å²) in [4.78, 5) is 35.7. The summed E-state index contributed by atoms with van der Waals surface area (Å²) in [5.74, 6) is -0.752. The van der Waals surface area contributed by atoms with Crippen molar-refractivity contribution in [2.75, 3.05) is 19.0 Å². The Hall–Kier alpha value is -3.62. The number of carbonyl (C=O) groups excluding carboxylic acids is 2. The molecule has 3 aromatic rings. The lowest BCUT2D eigenvalue weighted by Crippen LogP contribution is -2.45. The molecule has 0 aliphatic carbocycles. The molecule has 8 nitrogen and oxygen atoms in total. The van der Waals surface area contributed by atoms with E-state index < -0.39 is 17.3 Å². The van der Waals surface area contributed by atoms with Gasteiger partial charge in [-0.05, 0) is 36.7 Å². The summed E-state index contributed by atoms with van der Waals surface area (Å²) in [6, 6.07) is 13.9. The normalized spacial score (nSPS) is 18.2. The molecule has 0 unspecified atom stereocenters. The zero-order chi connectivity index (χ0) is 24.0. The molecule has 1 atom stereocenters. The number of fused-ring (bicyclic) bond motifs is 4. The first kappa shape index (κ1) is 22.2. The average Bonchev–Trinajstić information content (AvgIpc) is 3.10. The van der Waals surface area contributed by atoms with Gasteiger partial charge in [0.05, 0.1) is 19.3 Å². The summed E-state index contributed by atoms with van der Waals surface area (Å²) in [6.45, 7) is 1.75. The number of nitrogens with zero attached hydrogens (tertiary/aromatic N) is 2. The van der Waals surface area contributed by atoms with E-state index in [1.54, 1.807) is 49.4 Å². The Morgan fingerprint density at radius 2 is 1.91 bits per heavy atom. The number of ether oxygens (including phenoxy) is 3. The first-order valence-corrected chi connectivity index (χ1v) is 11.1. The summed E-state index contributed by atoms with van der Waals surface area (Å²) in [6.07, 6.45) is 0. The maximum atomic E-state index is 13.9. The Morgan fingerprint density at radius 3 is 2.62 bits per heavy atom. The predicted molar refractivity (Wildman–Crippen MR) is 125 cm³/mol. The van der Waals surface area contributed by atoms with Crippen LogP contribution in [0.5, 0.6) is 11.6 Å². The van der Waals surface area contributed by atoms with Crippen molar-refractivity contribution in [1.82, 2.24) is 9.97 Å². The maximum Gasteiger partial charge on any atom is 0.339 e. The zero-order valence-electron chi connectivity index (χ0n) is 18.0. The van der Waals surface area contributed by atoms with Gasteiger partial charge in [-0.25, -0.2) is 9.78 Å². The Balaban J connectivity index is 1.97. The van der Waals surface area contributed by atoms with E-state index in [1.807, 2.05) is 6.07 Å². The van der Waals surface area contributed by atoms with E-state index in [2.05, 4.69) is 15.3 Å². The number of hydrogen-bond acceptors (Lipinski definition) is 7. The number of anilines is 1. The molecule has 2 aliphatic rings. The van der Waals surface area contributed by atoms with Crippen LogP contribution in [0.4, 0.5) is 5.69 Å². The number of halogens is 2. The molecule has 1 aromatic heterocycles. The highest BCUT2D eigenvalue weighted by Crippen LogP contribution is 2.57. The van der Waals surface area contributed by atoms with Crippen molar-refractivity contribution >= 4 is 46.5 Å². The summed E-state index contributed by atoms with van der Waals surface area (Å²) < 4.78 is 16.9. The van der Waals surface area contributed by atoms with E-state index in [1.165, 1.54) is 7.11 Å². The smallest absolute Gasteiger partial charge is 0.339 e. The van der Waals surface area contributed by atoms with Gasteiger partial charge in [0.2, 0.25) is 17.1 Å². The van der Waals surface area contributed by atoms with Crippen molar-refractivity contribution in [3.63, 3.8) is 0 Å². The molecular formula is C24H17Cl2N3O5. The van der Waals surface area contributed by atoms with Crippen LogP contribution in [0, 0.1) is 0 Å². The van der Waals surface area contributed by atoms with Crippen molar-refractivity contribution in [2.24, 2.45) is 0 Å². The van der Waals surface area contributed by atoms with Crippen LogP contribution in [0.1, 0.15) is 23.6 Å². The lowest BCUT2D eigenvalue weighted by molar-refractivity contribution is -0.140. The minimum absolute atomic E-state index is 0.0391. The Labute approximate surface area is 204 Å². The third-order valence-electron chi connectivity index (χ3n) is 5.72. The van der Waals surface area contributed by atoms with Crippen LogP contribution in [0.25, 0.3) is 5.76 Å². The maximum absolute atomic E-state index is 13.9. The van der Waals surface area contributed by atoms with Crippen LogP contribution < -0.4 is 14.8 Å². The number of hydrogen-bond donors (Lipinski definition) is 1. The molecule has 1 spiro atoms. The van der Waals surface area contributed by atoms with Crippen molar-refractivity contribution in [2.45, 2.75) is 12.3 Å². The second-order valence-corrected chi connectivity index (χ2v) is 8.17. The van der Waals surface area contributed by atoms with Gasteiger partial charge in [-0.2, -0.15) is 4.98 Å². The van der Waals surface area contributed by atoms with Gasteiger partial charge in [0.1, 0.15) is 27.6 Å². The second-order valence-electron chi connectivity index (χ2n) is 7.47. The topological polar surface area (TPSA) is 99.6 Å². The molecule has 2 aromatic carbocycles. The molecule has 5 rings (SSSR count). The summed E-state index contributed by atoms with van der Waals surface area (Å²) in [5, 5.41) is 2.55. The molecule has 10 heteroatoms. The Kier molecular flexibility index (Phi) is 5.42. The van der Waals surface area contributed by atoms with E-state index >= 15 is 0 Å². The number of amides is 1. The van der Waals surface area contributed by atoms with Gasteiger partial charge < -0.3 is 19.5 Å². The lowest BCUT2D eigenvalue weighted by atomic mass is 9.68. The van der Waals surface area contributed by atoms with Crippen LogP contribution in [-0.2, 0) is 19.7 Å². The van der Waals surface area contributed by atoms with E-state index in [9.17, 15) is 9.59 Å². The number of carbonyl (C=O) groups is 2. The fourth-order valence-electron chi connectivity index (χ4n) is 4.37. The number of esters is 1. The van der Waals surface area contributed by atoms with Gasteiger partial charge in [-0.3, -0.25) is 4.79 Å². The van der Waals surface area contributed by atoms with Gasteiger partial charge in [0.15, 0.2) is 0 Å². The van der Waals surface area contributed by atoms with E-state index in [4.69, 9.17) is 37.4 Å². The third-order valence-corrected chi connectivity index (χ3v) is 6.16. The molecule has 0 bridgehead atoms. The van der Waals surface area contributed by atoms with Crippen LogP contribution >= 0.6 is 23.2 Å². The highest BCUT2D eigenvalue weighted by Gasteiger charge is 2.61. The molecule has 2 aliphatic heterocycles. The largest absolute Gasteiger partial charge is 0.497 e. The van der Waals surface area contributed by atoms with Gasteiger partial charge in [0.25, 0.3) is 0 Å². The van der Waals surface area contributed by atoms with Gasteiger partial charge in [0, 0.05) is 16.8 Å². The Morgan fingerprint density at radius 1 is 1.15 bits per heavy atom. The molecule has 0 saturated carbocycles. The first-order valence-electron chi connectivity index (χ1n) is 10.3. The first-order chi connectivity index (χ1) is 16.4. The van der Waals surface area contributed by atoms with Gasteiger partial charge in [-0.15, -0.1) is 0 Å². The quantitative estimate of drug-likeness (QED) is 0.324. The monoisotopic (exact) mass is 497 g/mol. The summed E-state index contributed by atoms with van der Waals surface area (Å²) >= 11 is 12.7. The number of rotatable bonds is 4. The van der Waals surface area contributed by atoms with Crippen LogP contribution in [0.3, 0.4) is 0 Å². The number of methoxy groups -OCH3 is 1. The average molecular weight is 498 g/mol. The van der Waals surface area contributed by atoms with Crippen molar-refractivity contribution in [1.29, 1.82) is 0 Å². The van der Waals surface area contributed by atoms with E-state index in [-0.39, 0.29) is 39.8 Å². The molecule has 0 saturated heterocycles. The fraction of sp³-hybridized carbons (Fsp3) is 0.167. The third kappa shape index (κ3) is 3.13. The molecule has 172 valence electrons. The molecule has 1 amide bonds. The van der Waals surface area contributed by atoms with E-state index in [0.29, 0.717) is 22.6 Å². The number of aromatic nitrogens is 2. The van der Waals surface area contributed by atoms with Crippen molar-refractivity contribution < 1.29 is 23.8 Å². The molecule has 0 fully saturated rings. The fourth-order valence-corrected chi connectivity index (χ4v) is 4.88. The van der Waals surface area contributed by atoms with E-state index in [0.717, 1.165) is 0 Å².